The Morgan fingerprint density at radius 1 is 1.32 bits per heavy atom. The summed E-state index contributed by atoms with van der Waals surface area (Å²) in [5.74, 6) is 1.66. The lowest BCUT2D eigenvalue weighted by molar-refractivity contribution is -0.132. The number of aromatic nitrogens is 2. The van der Waals surface area contributed by atoms with Crippen molar-refractivity contribution < 1.29 is 14.4 Å². The number of carbonyl (C=O) groups excluding carboxylic acids is 1. The Bertz CT molecular complexity index is 762. The van der Waals surface area contributed by atoms with Crippen molar-refractivity contribution in [1.82, 2.24) is 15.0 Å². The van der Waals surface area contributed by atoms with Gasteiger partial charge < -0.3 is 14.5 Å². The zero-order valence-electron chi connectivity index (χ0n) is 15.1. The minimum Gasteiger partial charge on any atom is -0.508 e. The van der Waals surface area contributed by atoms with Crippen LogP contribution in [0, 0.1) is 0 Å². The number of hydrogen-bond acceptors (Lipinski definition) is 5. The third kappa shape index (κ3) is 4.18. The second-order valence-electron chi connectivity index (χ2n) is 7.63. The molecule has 0 bridgehead atoms. The van der Waals surface area contributed by atoms with E-state index < -0.39 is 0 Å². The largest absolute Gasteiger partial charge is 0.508 e. The third-order valence-corrected chi connectivity index (χ3v) is 4.48. The summed E-state index contributed by atoms with van der Waals surface area (Å²) < 4.78 is 5.26. The van der Waals surface area contributed by atoms with Crippen molar-refractivity contribution >= 4 is 5.91 Å². The van der Waals surface area contributed by atoms with Crippen LogP contribution in [0.5, 0.6) is 5.75 Å². The lowest BCUT2D eigenvalue weighted by Gasteiger charge is -2.29. The van der Waals surface area contributed by atoms with Gasteiger partial charge in [0.05, 0.1) is 0 Å². The topological polar surface area (TPSA) is 79.5 Å². The van der Waals surface area contributed by atoms with Gasteiger partial charge >= 0.3 is 0 Å². The molecule has 0 unspecified atom stereocenters. The molecule has 2 aromatic rings. The van der Waals surface area contributed by atoms with Crippen molar-refractivity contribution in [3.05, 3.63) is 41.0 Å². The summed E-state index contributed by atoms with van der Waals surface area (Å²) in [7, 11) is 0. The first-order valence-corrected chi connectivity index (χ1v) is 8.74. The van der Waals surface area contributed by atoms with Crippen molar-refractivity contribution in [3.8, 4) is 5.75 Å². The fourth-order valence-electron chi connectivity index (χ4n) is 2.97. The Hall–Kier alpha value is -2.37. The van der Waals surface area contributed by atoms with Crippen molar-refractivity contribution in [2.45, 2.75) is 58.4 Å². The maximum Gasteiger partial charge on any atom is 0.226 e. The number of nitrogens with zero attached hydrogens (tertiary/aromatic N) is 3. The van der Waals surface area contributed by atoms with Crippen molar-refractivity contribution in [2.75, 3.05) is 6.54 Å². The lowest BCUT2D eigenvalue weighted by atomic mass is 9.96. The summed E-state index contributed by atoms with van der Waals surface area (Å²) >= 11 is 0. The summed E-state index contributed by atoms with van der Waals surface area (Å²) in [5, 5.41) is 13.6. The van der Waals surface area contributed by atoms with Crippen LogP contribution in [0.2, 0.25) is 0 Å². The number of aryl methyl sites for hydroxylation is 1. The van der Waals surface area contributed by atoms with Gasteiger partial charge in [-0.15, -0.1) is 0 Å². The first-order valence-electron chi connectivity index (χ1n) is 8.74. The van der Waals surface area contributed by atoms with Gasteiger partial charge in [-0.25, -0.2) is 0 Å². The second-order valence-corrected chi connectivity index (χ2v) is 7.63. The van der Waals surface area contributed by atoms with E-state index in [4.69, 9.17) is 4.52 Å². The van der Waals surface area contributed by atoms with Crippen LogP contribution in [-0.2, 0) is 29.6 Å². The van der Waals surface area contributed by atoms with Gasteiger partial charge in [0.2, 0.25) is 11.8 Å². The zero-order valence-corrected chi connectivity index (χ0v) is 15.1. The average molecular weight is 343 g/mol. The summed E-state index contributed by atoms with van der Waals surface area (Å²) in [4.78, 5) is 18.7. The van der Waals surface area contributed by atoms with Crippen LogP contribution in [0.15, 0.2) is 22.7 Å². The standard InChI is InChI=1S/C19H25N3O3/c1-19(2,3)18-20-16(25-21-18)5-4-6-17(24)22-10-9-13-7-8-15(23)11-14(13)12-22/h7-8,11,23H,4-6,9-10,12H2,1-3H3. The molecule has 2 heterocycles. The number of carbonyl (C=O) groups is 1. The molecule has 6 nitrogen and oxygen atoms in total. The number of phenolic OH excluding ortho intramolecular Hbond substituents is 1. The molecule has 0 fully saturated rings. The molecular weight excluding hydrogens is 318 g/mol. The lowest BCUT2D eigenvalue weighted by Crippen LogP contribution is -2.35. The van der Waals surface area contributed by atoms with E-state index in [9.17, 15) is 9.90 Å². The van der Waals surface area contributed by atoms with Crippen molar-refractivity contribution in [2.24, 2.45) is 0 Å². The fraction of sp³-hybridized carbons (Fsp3) is 0.526. The molecule has 0 aliphatic carbocycles. The summed E-state index contributed by atoms with van der Waals surface area (Å²) in [6, 6.07) is 5.39. The van der Waals surface area contributed by atoms with Crippen LogP contribution >= 0.6 is 0 Å². The molecular formula is C19H25N3O3. The van der Waals surface area contributed by atoms with Crippen LogP contribution in [0.3, 0.4) is 0 Å². The molecule has 3 rings (SSSR count). The molecule has 0 atom stereocenters. The normalized spacial score (nSPS) is 14.4. The molecule has 0 radical (unpaired) electrons. The Morgan fingerprint density at radius 3 is 2.84 bits per heavy atom. The quantitative estimate of drug-likeness (QED) is 0.923. The Balaban J connectivity index is 1.51. The SMILES string of the molecule is CC(C)(C)c1noc(CCCC(=O)N2CCc3ccc(O)cc3C2)n1. The van der Waals surface area contributed by atoms with Gasteiger partial charge in [0.25, 0.3) is 0 Å². The van der Waals surface area contributed by atoms with Gasteiger partial charge in [-0.2, -0.15) is 4.98 Å². The van der Waals surface area contributed by atoms with E-state index in [1.165, 1.54) is 5.56 Å². The van der Waals surface area contributed by atoms with Gasteiger partial charge in [0, 0.05) is 31.3 Å². The molecule has 0 saturated heterocycles. The summed E-state index contributed by atoms with van der Waals surface area (Å²) in [5.41, 5.74) is 2.11. The summed E-state index contributed by atoms with van der Waals surface area (Å²) in [6.45, 7) is 7.41. The zero-order chi connectivity index (χ0) is 18.0. The minimum absolute atomic E-state index is 0.129. The van der Waals surface area contributed by atoms with Crippen LogP contribution in [0.1, 0.15) is 56.5 Å². The van der Waals surface area contributed by atoms with E-state index in [1.807, 2.05) is 31.7 Å². The molecule has 1 aliphatic heterocycles. The molecule has 1 aromatic carbocycles. The Labute approximate surface area is 147 Å². The van der Waals surface area contributed by atoms with E-state index in [0.717, 1.165) is 18.5 Å². The van der Waals surface area contributed by atoms with E-state index in [0.29, 0.717) is 37.5 Å². The minimum atomic E-state index is -0.135. The smallest absolute Gasteiger partial charge is 0.226 e. The summed E-state index contributed by atoms with van der Waals surface area (Å²) in [6.07, 6.45) is 2.59. The molecule has 25 heavy (non-hydrogen) atoms. The molecule has 1 aromatic heterocycles. The predicted octanol–water partition coefficient (Wildman–Crippen LogP) is 2.98. The number of fused-ring (bicyclic) bond motifs is 1. The molecule has 0 saturated carbocycles. The highest BCUT2D eigenvalue weighted by atomic mass is 16.5. The Kier molecular flexibility index (Phi) is 4.79. The van der Waals surface area contributed by atoms with Crippen molar-refractivity contribution in [1.29, 1.82) is 0 Å². The number of benzene rings is 1. The van der Waals surface area contributed by atoms with Gasteiger partial charge in [0.15, 0.2) is 5.82 Å². The molecule has 1 amide bonds. The number of aromatic hydroxyl groups is 1. The molecule has 0 spiro atoms. The van der Waals surface area contributed by atoms with E-state index in [1.54, 1.807) is 12.1 Å². The fourth-order valence-corrected chi connectivity index (χ4v) is 2.97. The van der Waals surface area contributed by atoms with Crippen LogP contribution in [0.25, 0.3) is 0 Å². The van der Waals surface area contributed by atoms with Gasteiger partial charge in [-0.05, 0) is 36.1 Å². The maximum atomic E-state index is 12.4. The molecule has 1 aliphatic rings. The highest BCUT2D eigenvalue weighted by molar-refractivity contribution is 5.76. The van der Waals surface area contributed by atoms with Gasteiger partial charge in [0.1, 0.15) is 5.75 Å². The number of phenols is 1. The Morgan fingerprint density at radius 2 is 2.12 bits per heavy atom. The van der Waals surface area contributed by atoms with Crippen LogP contribution in [-0.4, -0.2) is 32.6 Å². The highest BCUT2D eigenvalue weighted by Crippen LogP contribution is 2.24. The third-order valence-electron chi connectivity index (χ3n) is 4.48. The van der Waals surface area contributed by atoms with Crippen molar-refractivity contribution in [3.63, 3.8) is 0 Å². The molecule has 1 N–H and O–H groups in total. The second kappa shape index (κ2) is 6.86. The van der Waals surface area contributed by atoms with E-state index >= 15 is 0 Å². The monoisotopic (exact) mass is 343 g/mol. The molecule has 134 valence electrons. The van der Waals surface area contributed by atoms with Crippen LogP contribution in [0.4, 0.5) is 0 Å². The number of rotatable bonds is 4. The first kappa shape index (κ1) is 17.5. The van der Waals surface area contributed by atoms with Gasteiger partial charge in [-0.3, -0.25) is 4.79 Å². The predicted molar refractivity (Wildman–Crippen MR) is 93.2 cm³/mol. The average Bonchev–Trinajstić information content (AvgIpc) is 3.03. The highest BCUT2D eigenvalue weighted by Gasteiger charge is 2.22. The van der Waals surface area contributed by atoms with E-state index in [2.05, 4.69) is 10.1 Å². The molecule has 6 heteroatoms. The maximum absolute atomic E-state index is 12.4. The van der Waals surface area contributed by atoms with Crippen LogP contribution < -0.4 is 0 Å². The van der Waals surface area contributed by atoms with Gasteiger partial charge in [-0.1, -0.05) is 32.0 Å². The number of hydrogen-bond donors (Lipinski definition) is 1. The first-order chi connectivity index (χ1) is 11.8. The van der Waals surface area contributed by atoms with E-state index in [-0.39, 0.29) is 17.1 Å². The number of amides is 1.